The predicted octanol–water partition coefficient (Wildman–Crippen LogP) is 7.43. The van der Waals surface area contributed by atoms with Gasteiger partial charge in [-0.1, -0.05) is 115 Å². The highest BCUT2D eigenvalue weighted by molar-refractivity contribution is 5.27. The Kier molecular flexibility index (Phi) is 12.6. The summed E-state index contributed by atoms with van der Waals surface area (Å²) in [6.45, 7) is 23.6. The van der Waals surface area contributed by atoms with Gasteiger partial charge >= 0.3 is 0 Å². The number of rotatable bonds is 0. The molecular weight excluding hydrogens is 316 g/mol. The fourth-order valence-corrected chi connectivity index (χ4v) is 2.11. The smallest absolute Gasteiger partial charge is 0.106 e. The fourth-order valence-electron chi connectivity index (χ4n) is 2.11. The Balaban J connectivity index is 0. The van der Waals surface area contributed by atoms with Crippen molar-refractivity contribution < 1.29 is 4.79 Å². The maximum absolute atomic E-state index is 8.00. The average Bonchev–Trinajstić information content (AvgIpc) is 2.58. The molecule has 146 valence electrons. The van der Waals surface area contributed by atoms with Gasteiger partial charge in [-0.15, -0.1) is 0 Å². The van der Waals surface area contributed by atoms with Gasteiger partial charge in [0.05, 0.1) is 0 Å². The summed E-state index contributed by atoms with van der Waals surface area (Å²) < 4.78 is 0. The van der Waals surface area contributed by atoms with E-state index in [0.29, 0.717) is 0 Å². The third-order valence-electron chi connectivity index (χ3n) is 3.84. The Morgan fingerprint density at radius 2 is 0.731 bits per heavy atom. The maximum atomic E-state index is 8.00. The Bertz CT molecular complexity index is 523. The van der Waals surface area contributed by atoms with Gasteiger partial charge in [-0.05, 0) is 35.8 Å². The summed E-state index contributed by atoms with van der Waals surface area (Å²) in [6.07, 6.45) is 0. The molecule has 1 heteroatoms. The van der Waals surface area contributed by atoms with Crippen LogP contribution in [0.2, 0.25) is 0 Å². The van der Waals surface area contributed by atoms with Crippen LogP contribution in [-0.2, 0) is 15.6 Å². The minimum Gasteiger partial charge on any atom is -0.307 e. The van der Waals surface area contributed by atoms with Crippen molar-refractivity contribution in [2.45, 2.75) is 80.1 Å². The van der Waals surface area contributed by atoms with Crippen molar-refractivity contribution in [2.24, 2.45) is 0 Å². The molecule has 0 aromatic heterocycles. The summed E-state index contributed by atoms with van der Waals surface area (Å²) in [6, 6.07) is 17.5. The van der Waals surface area contributed by atoms with Gasteiger partial charge in [-0.2, -0.15) is 0 Å². The normalized spacial score (nSPS) is 10.2. The van der Waals surface area contributed by atoms with Crippen molar-refractivity contribution in [3.8, 4) is 0 Å². The first-order valence-electron chi connectivity index (χ1n) is 9.43. The quantitative estimate of drug-likeness (QED) is 0.480. The first-order valence-corrected chi connectivity index (χ1v) is 9.43. The lowest BCUT2D eigenvalue weighted by Crippen LogP contribution is -2.10. The molecule has 2 aromatic rings. The molecule has 0 fully saturated rings. The van der Waals surface area contributed by atoms with Crippen LogP contribution in [0.1, 0.15) is 77.6 Å². The summed E-state index contributed by atoms with van der Waals surface area (Å²) >= 11 is 0. The van der Waals surface area contributed by atoms with E-state index in [-0.39, 0.29) is 10.8 Å². The second-order valence-corrected chi connectivity index (χ2v) is 8.23. The highest BCUT2D eigenvalue weighted by Crippen LogP contribution is 2.22. The molecule has 0 heterocycles. The lowest BCUT2D eigenvalue weighted by atomic mass is 9.87. The molecular formula is C25H40O. The molecule has 2 aromatic carbocycles. The molecule has 1 nitrogen and oxygen atoms in total. The van der Waals surface area contributed by atoms with Gasteiger partial charge in [0, 0.05) is 0 Å². The SMILES string of the molecule is C=O.CC.Cc1ccc(C(C)(C)C)cc1.Cc1ccc(C(C)(C)C)cc1. The van der Waals surface area contributed by atoms with Crippen molar-refractivity contribution in [1.29, 1.82) is 0 Å². The Labute approximate surface area is 162 Å². The molecule has 26 heavy (non-hydrogen) atoms. The Morgan fingerprint density at radius 1 is 0.538 bits per heavy atom. The first-order chi connectivity index (χ1) is 12.0. The molecule has 0 unspecified atom stereocenters. The highest BCUT2D eigenvalue weighted by atomic mass is 16.1. The van der Waals surface area contributed by atoms with Gasteiger partial charge in [0.2, 0.25) is 0 Å². The van der Waals surface area contributed by atoms with Crippen molar-refractivity contribution in [3.05, 3.63) is 70.8 Å². The van der Waals surface area contributed by atoms with Crippen LogP contribution in [0.3, 0.4) is 0 Å². The number of hydrogen-bond acceptors (Lipinski definition) is 1. The number of hydrogen-bond donors (Lipinski definition) is 0. The molecule has 0 aliphatic rings. The monoisotopic (exact) mass is 356 g/mol. The van der Waals surface area contributed by atoms with Crippen LogP contribution >= 0.6 is 0 Å². The van der Waals surface area contributed by atoms with Crippen LogP contribution in [0.15, 0.2) is 48.5 Å². The number of aryl methyl sites for hydroxylation is 2. The van der Waals surface area contributed by atoms with Crippen LogP contribution in [0.25, 0.3) is 0 Å². The average molecular weight is 357 g/mol. The van der Waals surface area contributed by atoms with E-state index in [2.05, 4.69) is 104 Å². The van der Waals surface area contributed by atoms with E-state index < -0.39 is 0 Å². The summed E-state index contributed by atoms with van der Waals surface area (Å²) in [7, 11) is 0. The molecule has 0 N–H and O–H groups in total. The topological polar surface area (TPSA) is 17.1 Å². The van der Waals surface area contributed by atoms with E-state index >= 15 is 0 Å². The standard InChI is InChI=1S/2C11H16.C2H6.CH2O/c2*1-9-5-7-10(8-6-9)11(2,3)4;2*1-2/h2*5-8H,1-4H3;1-2H3;1H2. The van der Waals surface area contributed by atoms with E-state index in [1.165, 1.54) is 22.3 Å². The van der Waals surface area contributed by atoms with Crippen LogP contribution in [-0.4, -0.2) is 6.79 Å². The highest BCUT2D eigenvalue weighted by Gasteiger charge is 2.12. The molecule has 0 atom stereocenters. The van der Waals surface area contributed by atoms with Gasteiger partial charge < -0.3 is 4.79 Å². The molecule has 2 rings (SSSR count). The summed E-state index contributed by atoms with van der Waals surface area (Å²) in [5.74, 6) is 0. The predicted molar refractivity (Wildman–Crippen MR) is 118 cm³/mol. The molecule has 0 bridgehead atoms. The molecule has 0 spiro atoms. The number of benzene rings is 2. The lowest BCUT2D eigenvalue weighted by Gasteiger charge is -2.18. The zero-order valence-corrected chi connectivity index (χ0v) is 18.7. The minimum atomic E-state index is 0.285. The van der Waals surface area contributed by atoms with E-state index in [1.807, 2.05) is 20.6 Å². The van der Waals surface area contributed by atoms with Crippen LogP contribution in [0.5, 0.6) is 0 Å². The lowest BCUT2D eigenvalue weighted by molar-refractivity contribution is -0.0979. The number of carbonyl (C=O) groups is 1. The zero-order valence-electron chi connectivity index (χ0n) is 18.7. The first kappa shape index (κ1) is 26.3. The van der Waals surface area contributed by atoms with Crippen molar-refractivity contribution in [1.82, 2.24) is 0 Å². The van der Waals surface area contributed by atoms with Crippen molar-refractivity contribution >= 4 is 6.79 Å². The summed E-state index contributed by atoms with van der Waals surface area (Å²) in [4.78, 5) is 8.00. The summed E-state index contributed by atoms with van der Waals surface area (Å²) in [5.41, 5.74) is 6.05. The van der Waals surface area contributed by atoms with Gasteiger partial charge in [0.25, 0.3) is 0 Å². The van der Waals surface area contributed by atoms with Crippen LogP contribution in [0, 0.1) is 13.8 Å². The van der Waals surface area contributed by atoms with E-state index in [1.54, 1.807) is 0 Å². The number of carbonyl (C=O) groups excluding carboxylic acids is 1. The molecule has 0 aliphatic carbocycles. The van der Waals surface area contributed by atoms with Gasteiger partial charge in [0.15, 0.2) is 0 Å². The van der Waals surface area contributed by atoms with E-state index in [4.69, 9.17) is 4.79 Å². The van der Waals surface area contributed by atoms with Crippen LogP contribution < -0.4 is 0 Å². The second kappa shape index (κ2) is 12.5. The second-order valence-electron chi connectivity index (χ2n) is 8.23. The van der Waals surface area contributed by atoms with Gasteiger partial charge in [0.1, 0.15) is 6.79 Å². The molecule has 0 radical (unpaired) electrons. The molecule has 0 saturated heterocycles. The zero-order chi connectivity index (χ0) is 21.0. The third kappa shape index (κ3) is 10.9. The molecule has 0 amide bonds. The Hall–Kier alpha value is -1.89. The fraction of sp³-hybridized carbons (Fsp3) is 0.480. The van der Waals surface area contributed by atoms with Crippen molar-refractivity contribution in [2.75, 3.05) is 0 Å². The van der Waals surface area contributed by atoms with Gasteiger partial charge in [-0.25, -0.2) is 0 Å². The van der Waals surface area contributed by atoms with Crippen LogP contribution in [0.4, 0.5) is 0 Å². The van der Waals surface area contributed by atoms with Gasteiger partial charge in [-0.3, -0.25) is 0 Å². The molecule has 0 aliphatic heterocycles. The summed E-state index contributed by atoms with van der Waals surface area (Å²) in [5, 5.41) is 0. The van der Waals surface area contributed by atoms with Crippen molar-refractivity contribution in [3.63, 3.8) is 0 Å². The Morgan fingerprint density at radius 3 is 0.885 bits per heavy atom. The minimum absolute atomic E-state index is 0.285. The molecule has 0 saturated carbocycles. The van der Waals surface area contributed by atoms with E-state index in [0.717, 1.165) is 0 Å². The van der Waals surface area contributed by atoms with E-state index in [9.17, 15) is 0 Å². The largest absolute Gasteiger partial charge is 0.307 e. The maximum Gasteiger partial charge on any atom is 0.106 e. The third-order valence-corrected chi connectivity index (χ3v) is 3.84.